The number of anilines is 2. The number of nitrogens with zero attached hydrogens (tertiary/aromatic N) is 2. The van der Waals surface area contributed by atoms with Gasteiger partial charge >= 0.3 is 0 Å². The maximum Gasteiger partial charge on any atom is 0.238 e. The van der Waals surface area contributed by atoms with Crippen molar-refractivity contribution in [2.24, 2.45) is 0 Å². The highest BCUT2D eigenvalue weighted by Crippen LogP contribution is 2.19. The van der Waals surface area contributed by atoms with Gasteiger partial charge in [-0.2, -0.15) is 0 Å². The van der Waals surface area contributed by atoms with Crippen LogP contribution in [0.25, 0.3) is 0 Å². The Balaban J connectivity index is 1.75. The number of nitrogens with one attached hydrogen (secondary N) is 2. The fourth-order valence-electron chi connectivity index (χ4n) is 3.15. The summed E-state index contributed by atoms with van der Waals surface area (Å²) in [6.07, 6.45) is 1.99. The number of hydrogen-bond donors (Lipinski definition) is 2. The van der Waals surface area contributed by atoms with E-state index in [1.807, 2.05) is 31.2 Å². The fraction of sp³-hybridized carbons (Fsp3) is 0.600. The molecule has 0 aliphatic carbocycles. The molecule has 1 heterocycles. The predicted molar refractivity (Wildman–Crippen MR) is 108 cm³/mol. The summed E-state index contributed by atoms with van der Waals surface area (Å²) in [5, 5.41) is 5.83. The van der Waals surface area contributed by atoms with Gasteiger partial charge in [0.2, 0.25) is 11.8 Å². The van der Waals surface area contributed by atoms with Crippen molar-refractivity contribution in [2.75, 3.05) is 56.7 Å². The van der Waals surface area contributed by atoms with Gasteiger partial charge in [0.1, 0.15) is 0 Å². The third kappa shape index (κ3) is 7.56. The summed E-state index contributed by atoms with van der Waals surface area (Å²) in [6.45, 7) is 7.72. The molecule has 2 amide bonds. The van der Waals surface area contributed by atoms with Crippen molar-refractivity contribution < 1.29 is 14.3 Å². The smallest absolute Gasteiger partial charge is 0.238 e. The molecular formula is C20H32N4O3. The van der Waals surface area contributed by atoms with Crippen molar-refractivity contribution in [3.05, 3.63) is 24.3 Å². The number of ether oxygens (including phenoxy) is 1. The standard InChI is InChI=1S/C20H32N4O3/c1-4-5-16(2)21-19(25)14-23(3)15-20(26)22-17-6-8-18(9-7-17)24-10-12-27-13-11-24/h6-9,16H,4-5,10-15H2,1-3H3,(H,21,25)(H,22,26)/t16-/m1/s1. The Bertz CT molecular complexity index is 600. The molecule has 2 rings (SSSR count). The molecule has 1 aromatic rings. The Kier molecular flexibility index (Phi) is 8.54. The predicted octanol–water partition coefficient (Wildman–Crippen LogP) is 1.70. The first-order chi connectivity index (χ1) is 13.0. The molecule has 150 valence electrons. The highest BCUT2D eigenvalue weighted by molar-refractivity contribution is 5.92. The number of amides is 2. The minimum Gasteiger partial charge on any atom is -0.378 e. The highest BCUT2D eigenvalue weighted by Gasteiger charge is 2.14. The molecule has 1 saturated heterocycles. The molecule has 7 nitrogen and oxygen atoms in total. The van der Waals surface area contributed by atoms with Crippen LogP contribution in [0.15, 0.2) is 24.3 Å². The monoisotopic (exact) mass is 376 g/mol. The van der Waals surface area contributed by atoms with Gasteiger partial charge in [-0.15, -0.1) is 0 Å². The SMILES string of the molecule is CCC[C@@H](C)NC(=O)CN(C)CC(=O)Nc1ccc(N2CCOCC2)cc1. The number of carbonyl (C=O) groups is 2. The number of morpholine rings is 1. The summed E-state index contributed by atoms with van der Waals surface area (Å²) in [7, 11) is 1.77. The van der Waals surface area contributed by atoms with Crippen LogP contribution in [0.2, 0.25) is 0 Å². The average molecular weight is 377 g/mol. The molecular weight excluding hydrogens is 344 g/mol. The van der Waals surface area contributed by atoms with Crippen LogP contribution in [0.4, 0.5) is 11.4 Å². The Morgan fingerprint density at radius 3 is 2.41 bits per heavy atom. The van der Waals surface area contributed by atoms with E-state index in [1.54, 1.807) is 11.9 Å². The van der Waals surface area contributed by atoms with E-state index in [0.29, 0.717) is 0 Å². The van der Waals surface area contributed by atoms with Gasteiger partial charge in [0, 0.05) is 30.5 Å². The van der Waals surface area contributed by atoms with Crippen LogP contribution >= 0.6 is 0 Å². The maximum atomic E-state index is 12.2. The first-order valence-corrected chi connectivity index (χ1v) is 9.68. The van der Waals surface area contributed by atoms with Crippen LogP contribution in [0, 0.1) is 0 Å². The molecule has 0 unspecified atom stereocenters. The topological polar surface area (TPSA) is 73.9 Å². The first-order valence-electron chi connectivity index (χ1n) is 9.68. The molecule has 1 aliphatic heterocycles. The largest absolute Gasteiger partial charge is 0.378 e. The zero-order chi connectivity index (χ0) is 19.6. The van der Waals surface area contributed by atoms with Crippen molar-refractivity contribution >= 4 is 23.2 Å². The van der Waals surface area contributed by atoms with Gasteiger partial charge in [-0.3, -0.25) is 14.5 Å². The second-order valence-corrected chi connectivity index (χ2v) is 7.12. The quantitative estimate of drug-likeness (QED) is 0.686. The third-order valence-corrected chi connectivity index (χ3v) is 4.48. The van der Waals surface area contributed by atoms with Gasteiger partial charge in [0.15, 0.2) is 0 Å². The Morgan fingerprint density at radius 1 is 1.15 bits per heavy atom. The van der Waals surface area contributed by atoms with E-state index in [9.17, 15) is 9.59 Å². The van der Waals surface area contributed by atoms with Gasteiger partial charge in [0.25, 0.3) is 0 Å². The van der Waals surface area contributed by atoms with E-state index >= 15 is 0 Å². The number of carbonyl (C=O) groups excluding carboxylic acids is 2. The van der Waals surface area contributed by atoms with Crippen LogP contribution in [0.1, 0.15) is 26.7 Å². The zero-order valence-corrected chi connectivity index (χ0v) is 16.7. The van der Waals surface area contributed by atoms with E-state index in [1.165, 1.54) is 0 Å². The van der Waals surface area contributed by atoms with Gasteiger partial charge in [-0.1, -0.05) is 13.3 Å². The number of likely N-dealkylation sites (N-methyl/N-ethyl adjacent to an activating group) is 1. The molecule has 2 N–H and O–H groups in total. The Labute approximate surface area is 162 Å². The lowest BCUT2D eigenvalue weighted by molar-refractivity contribution is -0.123. The third-order valence-electron chi connectivity index (χ3n) is 4.48. The molecule has 7 heteroatoms. The summed E-state index contributed by atoms with van der Waals surface area (Å²) in [5.41, 5.74) is 1.89. The molecule has 1 aliphatic rings. The van der Waals surface area contributed by atoms with E-state index < -0.39 is 0 Å². The average Bonchev–Trinajstić information content (AvgIpc) is 2.62. The van der Waals surface area contributed by atoms with Crippen molar-refractivity contribution in [3.8, 4) is 0 Å². The highest BCUT2D eigenvalue weighted by atomic mass is 16.5. The zero-order valence-electron chi connectivity index (χ0n) is 16.7. The lowest BCUT2D eigenvalue weighted by Crippen LogP contribution is -2.41. The number of rotatable bonds is 9. The summed E-state index contributed by atoms with van der Waals surface area (Å²) in [4.78, 5) is 28.2. The Hall–Kier alpha value is -2.12. The van der Waals surface area contributed by atoms with Crippen LogP contribution in [-0.2, 0) is 14.3 Å². The van der Waals surface area contributed by atoms with E-state index in [4.69, 9.17) is 4.74 Å². The second kappa shape index (κ2) is 10.9. The van der Waals surface area contributed by atoms with Crippen LogP contribution in [0.3, 0.4) is 0 Å². The lowest BCUT2D eigenvalue weighted by Gasteiger charge is -2.28. The van der Waals surface area contributed by atoms with Gasteiger partial charge < -0.3 is 20.3 Å². The minimum atomic E-state index is -0.133. The van der Waals surface area contributed by atoms with Gasteiger partial charge in [0.05, 0.1) is 26.3 Å². The lowest BCUT2D eigenvalue weighted by atomic mass is 10.2. The van der Waals surface area contributed by atoms with Crippen LogP contribution in [-0.4, -0.2) is 69.2 Å². The number of benzene rings is 1. The number of hydrogen-bond acceptors (Lipinski definition) is 5. The van der Waals surface area contributed by atoms with Crippen molar-refractivity contribution in [3.63, 3.8) is 0 Å². The molecule has 1 atom stereocenters. The molecule has 1 aromatic carbocycles. The van der Waals surface area contributed by atoms with Gasteiger partial charge in [-0.05, 0) is 44.7 Å². The normalized spacial score (nSPS) is 15.5. The molecule has 0 saturated carbocycles. The second-order valence-electron chi connectivity index (χ2n) is 7.12. The molecule has 0 bridgehead atoms. The van der Waals surface area contributed by atoms with Crippen molar-refractivity contribution in [1.29, 1.82) is 0 Å². The Morgan fingerprint density at radius 2 is 1.78 bits per heavy atom. The first kappa shape index (κ1) is 21.2. The summed E-state index contributed by atoms with van der Waals surface area (Å²) < 4.78 is 5.36. The van der Waals surface area contributed by atoms with Gasteiger partial charge in [-0.25, -0.2) is 0 Å². The summed E-state index contributed by atoms with van der Waals surface area (Å²) >= 11 is 0. The van der Waals surface area contributed by atoms with Crippen LogP contribution in [0.5, 0.6) is 0 Å². The summed E-state index contributed by atoms with van der Waals surface area (Å²) in [6, 6.07) is 7.99. The fourth-order valence-corrected chi connectivity index (χ4v) is 3.15. The van der Waals surface area contributed by atoms with E-state index in [-0.39, 0.29) is 30.9 Å². The maximum absolute atomic E-state index is 12.2. The minimum absolute atomic E-state index is 0.0545. The van der Waals surface area contributed by atoms with Crippen LogP contribution < -0.4 is 15.5 Å². The van der Waals surface area contributed by atoms with Crippen molar-refractivity contribution in [2.45, 2.75) is 32.7 Å². The molecule has 0 radical (unpaired) electrons. The molecule has 0 spiro atoms. The molecule has 0 aromatic heterocycles. The van der Waals surface area contributed by atoms with E-state index in [2.05, 4.69) is 22.5 Å². The molecule has 1 fully saturated rings. The molecule has 27 heavy (non-hydrogen) atoms. The summed E-state index contributed by atoms with van der Waals surface area (Å²) in [5.74, 6) is -0.188. The van der Waals surface area contributed by atoms with Crippen molar-refractivity contribution in [1.82, 2.24) is 10.2 Å². The van der Waals surface area contributed by atoms with E-state index in [0.717, 1.165) is 50.5 Å².